The van der Waals surface area contributed by atoms with Crippen molar-refractivity contribution in [3.63, 3.8) is 0 Å². The maximum atomic E-state index is 13.4. The highest BCUT2D eigenvalue weighted by Gasteiger charge is 2.39. The number of carbonyl (C=O) groups is 1. The lowest BCUT2D eigenvalue weighted by molar-refractivity contribution is -0.138. The van der Waals surface area contributed by atoms with Gasteiger partial charge in [-0.25, -0.2) is 0 Å². The van der Waals surface area contributed by atoms with Crippen LogP contribution in [-0.2, 0) is 19.8 Å². The minimum Gasteiger partial charge on any atom is -0.317 e. The highest BCUT2D eigenvalue weighted by molar-refractivity contribution is 6.10. The number of rotatable bonds is 3. The first-order chi connectivity index (χ1) is 15.3. The number of aromatic nitrogens is 4. The van der Waals surface area contributed by atoms with Crippen LogP contribution in [0.2, 0.25) is 0 Å². The van der Waals surface area contributed by atoms with Crippen LogP contribution in [0.4, 0.5) is 18.9 Å². The van der Waals surface area contributed by atoms with E-state index in [2.05, 4.69) is 15.2 Å². The highest BCUT2D eigenvalue weighted by Crippen LogP contribution is 2.39. The molecule has 4 aromatic rings. The number of carbonyl (C=O) groups excluding carboxylic acids is 1. The number of nitrogens with zero attached hydrogens (tertiary/aromatic N) is 5. The lowest BCUT2D eigenvalue weighted by Crippen LogP contribution is -2.23. The minimum absolute atomic E-state index is 0.00319. The second-order valence-corrected chi connectivity index (χ2v) is 7.46. The molecule has 6 nitrogen and oxygen atoms in total. The van der Waals surface area contributed by atoms with Crippen LogP contribution >= 0.6 is 0 Å². The molecule has 160 valence electrons. The molecule has 0 saturated heterocycles. The fourth-order valence-electron chi connectivity index (χ4n) is 3.99. The number of pyridine rings is 1. The predicted octanol–water partition coefficient (Wildman–Crippen LogP) is 4.72. The van der Waals surface area contributed by atoms with Crippen molar-refractivity contribution in [2.45, 2.75) is 12.7 Å². The lowest BCUT2D eigenvalue weighted by Gasteiger charge is -2.18. The molecule has 2 aromatic carbocycles. The first-order valence-electron chi connectivity index (χ1n) is 9.74. The van der Waals surface area contributed by atoms with Crippen LogP contribution in [0.15, 0.2) is 67.3 Å². The van der Waals surface area contributed by atoms with Gasteiger partial charge in [-0.2, -0.15) is 13.2 Å². The van der Waals surface area contributed by atoms with Crippen LogP contribution in [-0.4, -0.2) is 25.7 Å². The molecular formula is C23H16F3N5O. The molecule has 0 saturated carbocycles. The maximum Gasteiger partial charge on any atom is 0.416 e. The van der Waals surface area contributed by atoms with Gasteiger partial charge in [-0.05, 0) is 41.5 Å². The van der Waals surface area contributed by atoms with Gasteiger partial charge in [0.05, 0.1) is 12.1 Å². The molecular weight excluding hydrogens is 419 g/mol. The van der Waals surface area contributed by atoms with Crippen molar-refractivity contribution in [3.05, 3.63) is 83.9 Å². The number of alkyl halides is 3. The van der Waals surface area contributed by atoms with Crippen LogP contribution in [0.5, 0.6) is 0 Å². The van der Waals surface area contributed by atoms with Crippen molar-refractivity contribution >= 4 is 11.6 Å². The van der Waals surface area contributed by atoms with E-state index in [0.29, 0.717) is 11.5 Å². The van der Waals surface area contributed by atoms with Gasteiger partial charge in [0.1, 0.15) is 6.33 Å². The number of benzene rings is 2. The molecule has 0 N–H and O–H groups in total. The van der Waals surface area contributed by atoms with E-state index in [4.69, 9.17) is 0 Å². The van der Waals surface area contributed by atoms with Crippen LogP contribution in [0.1, 0.15) is 21.5 Å². The molecule has 0 atom stereocenters. The normalized spacial score (nSPS) is 13.5. The van der Waals surface area contributed by atoms with Gasteiger partial charge in [0.2, 0.25) is 0 Å². The minimum atomic E-state index is -4.52. The molecule has 32 heavy (non-hydrogen) atoms. The Kier molecular flexibility index (Phi) is 4.54. The first-order valence-corrected chi connectivity index (χ1v) is 9.74. The Balaban J connectivity index is 1.56. The number of fused-ring (bicyclic) bond motifs is 1. The zero-order chi connectivity index (χ0) is 22.5. The summed E-state index contributed by atoms with van der Waals surface area (Å²) in [5, 5.41) is 8.08. The number of hydrogen-bond acceptors (Lipinski definition) is 4. The van der Waals surface area contributed by atoms with Crippen molar-refractivity contribution in [1.82, 2.24) is 19.7 Å². The van der Waals surface area contributed by atoms with Crippen molar-refractivity contribution in [1.29, 1.82) is 0 Å². The average Bonchev–Trinajstić information content (AvgIpc) is 3.36. The van der Waals surface area contributed by atoms with Gasteiger partial charge in [-0.15, -0.1) is 10.2 Å². The van der Waals surface area contributed by atoms with E-state index < -0.39 is 17.6 Å². The fourth-order valence-corrected chi connectivity index (χ4v) is 3.99. The zero-order valence-corrected chi connectivity index (χ0v) is 16.8. The summed E-state index contributed by atoms with van der Waals surface area (Å²) < 4.78 is 42.1. The summed E-state index contributed by atoms with van der Waals surface area (Å²) in [6.45, 7) is -0.142. The van der Waals surface area contributed by atoms with Crippen LogP contribution in [0.3, 0.4) is 0 Å². The van der Waals surface area contributed by atoms with E-state index in [0.717, 1.165) is 22.8 Å². The summed E-state index contributed by atoms with van der Waals surface area (Å²) >= 11 is 0. The molecule has 1 aliphatic rings. The topological polar surface area (TPSA) is 63.9 Å². The first kappa shape index (κ1) is 19.9. The van der Waals surface area contributed by atoms with Gasteiger partial charge in [-0.1, -0.05) is 18.2 Å². The molecule has 0 aliphatic carbocycles. The summed E-state index contributed by atoms with van der Waals surface area (Å²) in [5.41, 5.74) is 2.12. The average molecular weight is 435 g/mol. The zero-order valence-electron chi connectivity index (χ0n) is 16.8. The Bertz CT molecular complexity index is 1350. The highest BCUT2D eigenvalue weighted by atomic mass is 19.4. The molecule has 3 heterocycles. The fraction of sp³-hybridized carbons (Fsp3) is 0.130. The predicted molar refractivity (Wildman–Crippen MR) is 112 cm³/mol. The van der Waals surface area contributed by atoms with Crippen molar-refractivity contribution < 1.29 is 18.0 Å². The Hall–Kier alpha value is -4.01. The molecule has 1 aliphatic heterocycles. The molecule has 5 rings (SSSR count). The summed E-state index contributed by atoms with van der Waals surface area (Å²) in [7, 11) is 1.83. The Morgan fingerprint density at radius 2 is 1.81 bits per heavy atom. The van der Waals surface area contributed by atoms with E-state index in [1.807, 2.05) is 19.2 Å². The van der Waals surface area contributed by atoms with E-state index in [-0.39, 0.29) is 17.7 Å². The van der Waals surface area contributed by atoms with Crippen molar-refractivity contribution in [2.24, 2.45) is 7.05 Å². The van der Waals surface area contributed by atoms with Gasteiger partial charge >= 0.3 is 6.18 Å². The summed E-state index contributed by atoms with van der Waals surface area (Å²) in [6, 6.07) is 12.6. The third kappa shape index (κ3) is 3.22. The second kappa shape index (κ2) is 7.30. The van der Waals surface area contributed by atoms with Gasteiger partial charge in [0.25, 0.3) is 5.91 Å². The molecule has 0 spiro atoms. The van der Waals surface area contributed by atoms with Crippen LogP contribution in [0, 0.1) is 0 Å². The second-order valence-electron chi connectivity index (χ2n) is 7.46. The van der Waals surface area contributed by atoms with Crippen LogP contribution in [0.25, 0.3) is 22.5 Å². The number of halogens is 3. The number of hydrogen-bond donors (Lipinski definition) is 0. The number of amides is 1. The maximum absolute atomic E-state index is 13.4. The van der Waals surface area contributed by atoms with Gasteiger partial charge in [-0.3, -0.25) is 9.78 Å². The smallest absolute Gasteiger partial charge is 0.317 e. The molecule has 2 aromatic heterocycles. The number of aryl methyl sites for hydroxylation is 1. The molecule has 0 fully saturated rings. The molecule has 0 unspecified atom stereocenters. The van der Waals surface area contributed by atoms with Gasteiger partial charge in [0, 0.05) is 41.8 Å². The Morgan fingerprint density at radius 3 is 2.56 bits per heavy atom. The quantitative estimate of drug-likeness (QED) is 0.467. The molecule has 9 heteroatoms. The van der Waals surface area contributed by atoms with Crippen molar-refractivity contribution in [2.75, 3.05) is 4.90 Å². The number of anilines is 1. The van der Waals surface area contributed by atoms with E-state index in [1.165, 1.54) is 17.0 Å². The third-order valence-electron chi connectivity index (χ3n) is 5.52. The SMILES string of the molecule is Cn1cnnc1-c1ccncc1-c1cccc(N2Cc3c(cccc3C(F)(F)F)C2=O)c1. The largest absolute Gasteiger partial charge is 0.416 e. The Labute approximate surface area is 181 Å². The van der Waals surface area contributed by atoms with E-state index >= 15 is 0 Å². The van der Waals surface area contributed by atoms with Crippen LogP contribution < -0.4 is 4.90 Å². The van der Waals surface area contributed by atoms with E-state index in [9.17, 15) is 18.0 Å². The molecule has 1 amide bonds. The summed E-state index contributed by atoms with van der Waals surface area (Å²) in [5.74, 6) is 0.190. The summed E-state index contributed by atoms with van der Waals surface area (Å²) in [4.78, 5) is 18.5. The molecule has 0 bridgehead atoms. The molecule has 0 radical (unpaired) electrons. The van der Waals surface area contributed by atoms with Gasteiger partial charge < -0.3 is 9.47 Å². The monoisotopic (exact) mass is 435 g/mol. The van der Waals surface area contributed by atoms with Gasteiger partial charge in [0.15, 0.2) is 5.82 Å². The van der Waals surface area contributed by atoms with E-state index in [1.54, 1.807) is 41.5 Å². The summed E-state index contributed by atoms with van der Waals surface area (Å²) in [6.07, 6.45) is 0.403. The standard InChI is InChI=1S/C23H16F3N5O/c1-30-13-28-29-21(30)16-8-9-27-11-18(16)14-4-2-5-15(10-14)31-12-19-17(22(31)32)6-3-7-20(19)23(24,25)26/h2-11,13H,12H2,1H3. The van der Waals surface area contributed by atoms with Crippen molar-refractivity contribution in [3.8, 4) is 22.5 Å². The third-order valence-corrected chi connectivity index (χ3v) is 5.52. The Morgan fingerprint density at radius 1 is 1.00 bits per heavy atom. The lowest BCUT2D eigenvalue weighted by atomic mass is 10.0.